The molecule has 0 unspecified atom stereocenters. The number of nitro groups is 1. The van der Waals surface area contributed by atoms with Crippen LogP contribution in [0.1, 0.15) is 5.56 Å². The molecular weight excluding hydrogens is 305 g/mol. The minimum atomic E-state index is -0.637. The summed E-state index contributed by atoms with van der Waals surface area (Å²) in [6.07, 6.45) is 1.54. The van der Waals surface area contributed by atoms with Crippen LogP contribution in [0, 0.1) is 15.9 Å². The van der Waals surface area contributed by atoms with E-state index in [1.165, 1.54) is 12.1 Å². The number of hydrogen-bond donors (Lipinski definition) is 1. The SMILES string of the molecule is O=C(Cn1cc([N+](=O)[O-])ccc1=O)NCCc1ccc(F)cc1. The summed E-state index contributed by atoms with van der Waals surface area (Å²) in [5.41, 5.74) is 0.104. The quantitative estimate of drug-likeness (QED) is 0.640. The summed E-state index contributed by atoms with van der Waals surface area (Å²) in [5.74, 6) is -0.766. The number of rotatable bonds is 6. The van der Waals surface area contributed by atoms with E-state index in [0.29, 0.717) is 13.0 Å². The number of halogens is 1. The van der Waals surface area contributed by atoms with Crippen LogP contribution in [0.5, 0.6) is 0 Å². The van der Waals surface area contributed by atoms with Gasteiger partial charge in [-0.3, -0.25) is 24.3 Å². The summed E-state index contributed by atoms with van der Waals surface area (Å²) in [6.45, 7) is 0.0120. The lowest BCUT2D eigenvalue weighted by atomic mass is 10.1. The highest BCUT2D eigenvalue weighted by atomic mass is 19.1. The molecule has 1 aromatic carbocycles. The molecule has 0 saturated carbocycles. The molecule has 7 nitrogen and oxygen atoms in total. The Morgan fingerprint density at radius 1 is 1.22 bits per heavy atom. The Bertz CT molecular complexity index is 771. The third-order valence-corrected chi connectivity index (χ3v) is 3.14. The van der Waals surface area contributed by atoms with Gasteiger partial charge >= 0.3 is 0 Å². The lowest BCUT2D eigenvalue weighted by molar-refractivity contribution is -0.385. The first-order valence-corrected chi connectivity index (χ1v) is 6.82. The molecule has 0 atom stereocenters. The maximum absolute atomic E-state index is 12.8. The second-order valence-corrected chi connectivity index (χ2v) is 4.84. The fourth-order valence-corrected chi connectivity index (χ4v) is 1.96. The zero-order valence-corrected chi connectivity index (χ0v) is 12.1. The Morgan fingerprint density at radius 3 is 2.57 bits per heavy atom. The predicted molar refractivity (Wildman–Crippen MR) is 80.5 cm³/mol. The number of nitrogens with one attached hydrogen (secondary N) is 1. The first-order chi connectivity index (χ1) is 11.0. The monoisotopic (exact) mass is 319 g/mol. The van der Waals surface area contributed by atoms with Crippen LogP contribution in [0.3, 0.4) is 0 Å². The molecule has 0 saturated heterocycles. The largest absolute Gasteiger partial charge is 0.354 e. The van der Waals surface area contributed by atoms with Crippen molar-refractivity contribution < 1.29 is 14.1 Å². The van der Waals surface area contributed by atoms with Crippen molar-refractivity contribution in [2.75, 3.05) is 6.54 Å². The standard InChI is InChI=1S/C15H14FN3O4/c16-12-3-1-11(2-4-12)7-8-17-14(20)10-18-9-13(19(22)23)5-6-15(18)21/h1-6,9H,7-8,10H2,(H,17,20). The van der Waals surface area contributed by atoms with E-state index < -0.39 is 16.4 Å². The van der Waals surface area contributed by atoms with E-state index in [1.807, 2.05) is 0 Å². The highest BCUT2D eigenvalue weighted by molar-refractivity contribution is 5.75. The van der Waals surface area contributed by atoms with Gasteiger partial charge in [0, 0.05) is 18.7 Å². The van der Waals surface area contributed by atoms with Crippen molar-refractivity contribution in [3.8, 4) is 0 Å². The molecule has 23 heavy (non-hydrogen) atoms. The summed E-state index contributed by atoms with van der Waals surface area (Å²) in [6, 6.07) is 8.04. The Labute approximate surface area is 130 Å². The number of aromatic nitrogens is 1. The first-order valence-electron chi connectivity index (χ1n) is 6.82. The van der Waals surface area contributed by atoms with Crippen molar-refractivity contribution in [2.24, 2.45) is 0 Å². The molecule has 1 heterocycles. The third-order valence-electron chi connectivity index (χ3n) is 3.14. The molecule has 120 valence electrons. The van der Waals surface area contributed by atoms with Gasteiger partial charge in [0.2, 0.25) is 5.91 Å². The van der Waals surface area contributed by atoms with Crippen LogP contribution in [0.25, 0.3) is 0 Å². The van der Waals surface area contributed by atoms with Gasteiger partial charge in [0.15, 0.2) is 0 Å². The van der Waals surface area contributed by atoms with Crippen molar-refractivity contribution >= 4 is 11.6 Å². The van der Waals surface area contributed by atoms with Crippen LogP contribution in [0.15, 0.2) is 47.4 Å². The zero-order chi connectivity index (χ0) is 16.8. The fraction of sp³-hybridized carbons (Fsp3) is 0.200. The molecule has 2 aromatic rings. The number of hydrogen-bond acceptors (Lipinski definition) is 4. The second kappa shape index (κ2) is 7.30. The third kappa shape index (κ3) is 4.73. The molecule has 0 aliphatic carbocycles. The normalized spacial score (nSPS) is 10.3. The van der Waals surface area contributed by atoms with E-state index in [4.69, 9.17) is 0 Å². The molecule has 0 aliphatic rings. The summed E-state index contributed by atoms with van der Waals surface area (Å²) < 4.78 is 13.7. The van der Waals surface area contributed by atoms with Crippen molar-refractivity contribution in [3.63, 3.8) is 0 Å². The molecule has 1 aromatic heterocycles. The minimum Gasteiger partial charge on any atom is -0.354 e. The van der Waals surface area contributed by atoms with Crippen LogP contribution < -0.4 is 10.9 Å². The Kier molecular flexibility index (Phi) is 5.19. The average molecular weight is 319 g/mol. The maximum atomic E-state index is 12.8. The van der Waals surface area contributed by atoms with Crippen LogP contribution in [0.4, 0.5) is 10.1 Å². The van der Waals surface area contributed by atoms with Gasteiger partial charge in [-0.1, -0.05) is 12.1 Å². The van der Waals surface area contributed by atoms with E-state index in [2.05, 4.69) is 5.32 Å². The highest BCUT2D eigenvalue weighted by Gasteiger charge is 2.10. The van der Waals surface area contributed by atoms with Crippen molar-refractivity contribution in [1.29, 1.82) is 0 Å². The Hall–Kier alpha value is -3.03. The Balaban J connectivity index is 1.89. The van der Waals surface area contributed by atoms with Crippen LogP contribution in [0.2, 0.25) is 0 Å². The van der Waals surface area contributed by atoms with Crippen LogP contribution >= 0.6 is 0 Å². The van der Waals surface area contributed by atoms with Crippen molar-refractivity contribution in [2.45, 2.75) is 13.0 Å². The van der Waals surface area contributed by atoms with Crippen molar-refractivity contribution in [3.05, 3.63) is 74.4 Å². The molecule has 0 bridgehead atoms. The fourth-order valence-electron chi connectivity index (χ4n) is 1.96. The molecule has 0 aliphatic heterocycles. The summed E-state index contributed by atoms with van der Waals surface area (Å²) in [4.78, 5) is 33.4. The van der Waals surface area contributed by atoms with Gasteiger partial charge in [-0.25, -0.2) is 4.39 Å². The average Bonchev–Trinajstić information content (AvgIpc) is 2.51. The summed E-state index contributed by atoms with van der Waals surface area (Å²) in [5, 5.41) is 13.3. The second-order valence-electron chi connectivity index (χ2n) is 4.84. The molecule has 1 amide bonds. The first kappa shape index (κ1) is 16.3. The van der Waals surface area contributed by atoms with E-state index in [9.17, 15) is 24.1 Å². The smallest absolute Gasteiger partial charge is 0.285 e. The van der Waals surface area contributed by atoms with E-state index >= 15 is 0 Å². The predicted octanol–water partition coefficient (Wildman–Crippen LogP) is 1.25. The number of benzene rings is 1. The molecule has 0 spiro atoms. The van der Waals surface area contributed by atoms with Gasteiger partial charge < -0.3 is 5.32 Å². The van der Waals surface area contributed by atoms with Crippen molar-refractivity contribution in [1.82, 2.24) is 9.88 Å². The van der Waals surface area contributed by atoms with Gasteiger partial charge in [0.05, 0.1) is 11.1 Å². The number of amides is 1. The van der Waals surface area contributed by atoms with Crippen LogP contribution in [-0.2, 0) is 17.8 Å². The number of carbonyl (C=O) groups excluding carboxylic acids is 1. The Morgan fingerprint density at radius 2 is 1.91 bits per heavy atom. The molecular formula is C15H14FN3O4. The number of nitrogens with zero attached hydrogens (tertiary/aromatic N) is 2. The zero-order valence-electron chi connectivity index (χ0n) is 12.1. The van der Waals surface area contributed by atoms with E-state index in [1.54, 1.807) is 12.1 Å². The topological polar surface area (TPSA) is 94.2 Å². The van der Waals surface area contributed by atoms with E-state index in [0.717, 1.165) is 28.5 Å². The lowest BCUT2D eigenvalue weighted by Gasteiger charge is -2.07. The lowest BCUT2D eigenvalue weighted by Crippen LogP contribution is -2.33. The number of carbonyl (C=O) groups is 1. The number of pyridine rings is 1. The van der Waals surface area contributed by atoms with Gasteiger partial charge in [-0.05, 0) is 24.1 Å². The summed E-state index contributed by atoms with van der Waals surface area (Å²) in [7, 11) is 0. The molecule has 8 heteroatoms. The molecule has 1 N–H and O–H groups in total. The highest BCUT2D eigenvalue weighted by Crippen LogP contribution is 2.06. The van der Waals surface area contributed by atoms with Gasteiger partial charge in [0.1, 0.15) is 12.4 Å². The van der Waals surface area contributed by atoms with Gasteiger partial charge in [0.25, 0.3) is 11.2 Å². The molecule has 2 rings (SSSR count). The van der Waals surface area contributed by atoms with Gasteiger partial charge in [-0.2, -0.15) is 0 Å². The maximum Gasteiger partial charge on any atom is 0.285 e. The summed E-state index contributed by atoms with van der Waals surface area (Å²) >= 11 is 0. The minimum absolute atomic E-state index is 0.260. The van der Waals surface area contributed by atoms with Gasteiger partial charge in [-0.15, -0.1) is 0 Å². The van der Waals surface area contributed by atoms with Crippen LogP contribution in [-0.4, -0.2) is 21.9 Å². The molecule has 0 fully saturated rings. The molecule has 0 radical (unpaired) electrons. The van der Waals surface area contributed by atoms with E-state index in [-0.39, 0.29) is 18.0 Å².